The van der Waals surface area contributed by atoms with Crippen molar-refractivity contribution in [2.45, 2.75) is 6.18 Å². The molecule has 0 saturated carbocycles. The van der Waals surface area contributed by atoms with Crippen molar-refractivity contribution in [2.75, 3.05) is 10.6 Å². The number of carbonyl (C=O) groups excluding carboxylic acids is 3. The predicted octanol–water partition coefficient (Wildman–Crippen LogP) is 4.31. The number of benzene rings is 3. The lowest BCUT2D eigenvalue weighted by Crippen LogP contribution is -2.19. The maximum absolute atomic E-state index is 12.9. The summed E-state index contributed by atoms with van der Waals surface area (Å²) in [6.45, 7) is 0. The molecule has 0 aliphatic rings. The van der Waals surface area contributed by atoms with Crippen LogP contribution in [0.1, 0.15) is 36.6 Å². The summed E-state index contributed by atoms with van der Waals surface area (Å²) in [5.74, 6) is -1.88. The van der Waals surface area contributed by atoms with Crippen molar-refractivity contribution in [3.63, 3.8) is 0 Å². The first kappa shape index (κ1) is 21.6. The molecule has 0 fully saturated rings. The second-order valence-corrected chi connectivity index (χ2v) is 6.47. The van der Waals surface area contributed by atoms with Crippen LogP contribution in [0.5, 0.6) is 0 Å². The minimum Gasteiger partial charge on any atom is -0.366 e. The molecule has 0 atom stereocenters. The predicted molar refractivity (Wildman–Crippen MR) is 109 cm³/mol. The highest BCUT2D eigenvalue weighted by Crippen LogP contribution is 2.31. The normalized spacial score (nSPS) is 10.9. The molecule has 0 saturated heterocycles. The Kier molecular flexibility index (Phi) is 6.05. The van der Waals surface area contributed by atoms with E-state index >= 15 is 0 Å². The Morgan fingerprint density at radius 1 is 0.742 bits per heavy atom. The Labute approximate surface area is 174 Å². The van der Waals surface area contributed by atoms with Crippen LogP contribution in [-0.2, 0) is 6.18 Å². The smallest absolute Gasteiger partial charge is 0.366 e. The van der Waals surface area contributed by atoms with Crippen LogP contribution >= 0.6 is 0 Å². The summed E-state index contributed by atoms with van der Waals surface area (Å²) >= 11 is 0. The van der Waals surface area contributed by atoms with Gasteiger partial charge in [0, 0.05) is 16.8 Å². The van der Waals surface area contributed by atoms with Crippen molar-refractivity contribution in [1.29, 1.82) is 0 Å². The van der Waals surface area contributed by atoms with Gasteiger partial charge in [-0.2, -0.15) is 13.2 Å². The molecule has 0 heterocycles. The van der Waals surface area contributed by atoms with Crippen LogP contribution in [-0.4, -0.2) is 17.7 Å². The molecule has 3 aromatic rings. The number of amides is 3. The van der Waals surface area contributed by atoms with Gasteiger partial charge < -0.3 is 16.4 Å². The number of hydrogen-bond donors (Lipinski definition) is 3. The van der Waals surface area contributed by atoms with Crippen molar-refractivity contribution in [3.05, 3.63) is 95.1 Å². The Balaban J connectivity index is 1.79. The van der Waals surface area contributed by atoms with E-state index in [-0.39, 0.29) is 28.1 Å². The summed E-state index contributed by atoms with van der Waals surface area (Å²) in [5, 5.41) is 4.98. The number of nitrogens with one attached hydrogen (secondary N) is 2. The van der Waals surface area contributed by atoms with Crippen LogP contribution in [0.15, 0.2) is 72.8 Å². The van der Waals surface area contributed by atoms with Crippen LogP contribution in [0.25, 0.3) is 0 Å². The van der Waals surface area contributed by atoms with E-state index in [1.54, 1.807) is 12.1 Å². The zero-order valence-electron chi connectivity index (χ0n) is 15.9. The minimum atomic E-state index is -4.54. The zero-order valence-corrected chi connectivity index (χ0v) is 15.9. The number of hydrogen-bond acceptors (Lipinski definition) is 3. The van der Waals surface area contributed by atoms with E-state index in [0.717, 1.165) is 12.1 Å². The molecule has 0 aliphatic heterocycles. The summed E-state index contributed by atoms with van der Waals surface area (Å²) in [6, 6.07) is 15.9. The van der Waals surface area contributed by atoms with E-state index < -0.39 is 29.5 Å². The zero-order chi connectivity index (χ0) is 22.6. The molecule has 158 valence electrons. The Morgan fingerprint density at radius 3 is 2.03 bits per heavy atom. The van der Waals surface area contributed by atoms with E-state index in [2.05, 4.69) is 10.6 Å². The van der Waals surface area contributed by atoms with Gasteiger partial charge in [0.1, 0.15) is 0 Å². The lowest BCUT2D eigenvalue weighted by molar-refractivity contribution is -0.137. The van der Waals surface area contributed by atoms with Gasteiger partial charge >= 0.3 is 6.18 Å². The Bertz CT molecular complexity index is 1140. The number of para-hydroxylation sites is 1. The molecule has 3 rings (SSSR count). The standard InChI is InChI=1S/C22H16F3N3O3/c23-22(24,25)15-4-3-5-16(12-15)27-21(31)17-6-1-2-7-18(17)28-20(30)14-10-8-13(9-11-14)19(26)29/h1-12H,(H2,26,29)(H,27,31)(H,28,30). The van der Waals surface area contributed by atoms with Crippen molar-refractivity contribution in [2.24, 2.45) is 5.73 Å². The molecule has 0 bridgehead atoms. The maximum Gasteiger partial charge on any atom is 0.416 e. The number of alkyl halides is 3. The van der Waals surface area contributed by atoms with Gasteiger partial charge in [-0.3, -0.25) is 14.4 Å². The number of nitrogens with two attached hydrogens (primary N) is 1. The van der Waals surface area contributed by atoms with Crippen LogP contribution in [0.3, 0.4) is 0 Å². The average molecular weight is 427 g/mol. The van der Waals surface area contributed by atoms with Gasteiger partial charge in [0.05, 0.1) is 16.8 Å². The molecule has 0 radical (unpaired) electrons. The number of rotatable bonds is 5. The van der Waals surface area contributed by atoms with Crippen molar-refractivity contribution in [1.82, 2.24) is 0 Å². The first-order valence-electron chi connectivity index (χ1n) is 8.94. The average Bonchev–Trinajstić information content (AvgIpc) is 2.73. The fourth-order valence-electron chi connectivity index (χ4n) is 2.74. The van der Waals surface area contributed by atoms with Crippen molar-refractivity contribution < 1.29 is 27.6 Å². The minimum absolute atomic E-state index is 0.0389. The molecular weight excluding hydrogens is 411 g/mol. The third-order valence-corrected chi connectivity index (χ3v) is 4.30. The molecule has 3 amide bonds. The highest BCUT2D eigenvalue weighted by atomic mass is 19.4. The molecule has 9 heteroatoms. The summed E-state index contributed by atoms with van der Waals surface area (Å²) in [5.41, 5.74) is 4.91. The summed E-state index contributed by atoms with van der Waals surface area (Å²) < 4.78 is 38.6. The Morgan fingerprint density at radius 2 is 1.39 bits per heavy atom. The second-order valence-electron chi connectivity index (χ2n) is 6.47. The first-order chi connectivity index (χ1) is 14.6. The topological polar surface area (TPSA) is 101 Å². The van der Waals surface area contributed by atoms with Crippen LogP contribution in [0, 0.1) is 0 Å². The van der Waals surface area contributed by atoms with Gasteiger partial charge in [-0.25, -0.2) is 0 Å². The van der Waals surface area contributed by atoms with Gasteiger partial charge in [-0.05, 0) is 54.6 Å². The molecule has 0 aliphatic carbocycles. The largest absolute Gasteiger partial charge is 0.416 e. The highest BCUT2D eigenvalue weighted by Gasteiger charge is 2.30. The highest BCUT2D eigenvalue weighted by molar-refractivity contribution is 6.12. The molecular formula is C22H16F3N3O3. The molecule has 6 nitrogen and oxygen atoms in total. The van der Waals surface area contributed by atoms with Crippen LogP contribution < -0.4 is 16.4 Å². The van der Waals surface area contributed by atoms with E-state index in [1.165, 1.54) is 48.5 Å². The SMILES string of the molecule is NC(=O)c1ccc(C(=O)Nc2ccccc2C(=O)Nc2cccc(C(F)(F)F)c2)cc1. The fourth-order valence-corrected chi connectivity index (χ4v) is 2.74. The molecule has 0 aromatic heterocycles. The lowest BCUT2D eigenvalue weighted by Gasteiger charge is -2.13. The third-order valence-electron chi connectivity index (χ3n) is 4.30. The second kappa shape index (κ2) is 8.70. The van der Waals surface area contributed by atoms with Gasteiger partial charge in [0.25, 0.3) is 11.8 Å². The number of halogens is 3. The quantitative estimate of drug-likeness (QED) is 0.566. The summed E-state index contributed by atoms with van der Waals surface area (Å²) in [4.78, 5) is 36.3. The van der Waals surface area contributed by atoms with Crippen molar-refractivity contribution in [3.8, 4) is 0 Å². The number of carbonyl (C=O) groups is 3. The number of primary amides is 1. The molecule has 0 unspecified atom stereocenters. The summed E-state index contributed by atoms with van der Waals surface area (Å²) in [7, 11) is 0. The number of anilines is 2. The van der Waals surface area contributed by atoms with E-state index in [0.29, 0.717) is 0 Å². The van der Waals surface area contributed by atoms with Gasteiger partial charge in [-0.15, -0.1) is 0 Å². The third kappa shape index (κ3) is 5.27. The van der Waals surface area contributed by atoms with Crippen LogP contribution in [0.4, 0.5) is 24.5 Å². The molecule has 3 aromatic carbocycles. The van der Waals surface area contributed by atoms with Gasteiger partial charge in [0.15, 0.2) is 0 Å². The Hall–Kier alpha value is -4.14. The van der Waals surface area contributed by atoms with Crippen molar-refractivity contribution >= 4 is 29.1 Å². The molecule has 0 spiro atoms. The lowest BCUT2D eigenvalue weighted by atomic mass is 10.1. The molecule has 31 heavy (non-hydrogen) atoms. The van der Waals surface area contributed by atoms with Gasteiger partial charge in [0.2, 0.25) is 5.91 Å². The van der Waals surface area contributed by atoms with E-state index in [9.17, 15) is 27.6 Å². The summed E-state index contributed by atoms with van der Waals surface area (Å²) in [6.07, 6.45) is -4.54. The maximum atomic E-state index is 12.9. The monoisotopic (exact) mass is 427 g/mol. The first-order valence-corrected chi connectivity index (χ1v) is 8.94. The van der Waals surface area contributed by atoms with E-state index in [1.807, 2.05) is 0 Å². The van der Waals surface area contributed by atoms with Crippen LogP contribution in [0.2, 0.25) is 0 Å². The molecule has 4 N–H and O–H groups in total. The van der Waals surface area contributed by atoms with Gasteiger partial charge in [-0.1, -0.05) is 18.2 Å². The fraction of sp³-hybridized carbons (Fsp3) is 0.0455. The van der Waals surface area contributed by atoms with E-state index in [4.69, 9.17) is 5.73 Å².